The Morgan fingerprint density at radius 2 is 1.88 bits per heavy atom. The molecule has 1 N–H and O–H groups in total. The number of aliphatic hydroxyl groups excluding tert-OH is 1. The number of fused-ring (bicyclic) bond motifs is 1. The highest BCUT2D eigenvalue weighted by molar-refractivity contribution is 7.22. The molecular formula is C26H22N2O4S. The van der Waals surface area contributed by atoms with Crippen LogP contribution >= 0.6 is 11.3 Å². The van der Waals surface area contributed by atoms with E-state index in [1.807, 2.05) is 43.3 Å². The zero-order valence-corrected chi connectivity index (χ0v) is 19.3. The predicted octanol–water partition coefficient (Wildman–Crippen LogP) is 5.85. The summed E-state index contributed by atoms with van der Waals surface area (Å²) in [5, 5.41) is 11.3. The molecule has 33 heavy (non-hydrogen) atoms. The first-order valence-corrected chi connectivity index (χ1v) is 11.5. The van der Waals surface area contributed by atoms with E-state index in [9.17, 15) is 14.7 Å². The van der Waals surface area contributed by atoms with Gasteiger partial charge in [-0.1, -0.05) is 54.2 Å². The molecule has 4 aromatic rings. The van der Waals surface area contributed by atoms with Gasteiger partial charge in [0, 0.05) is 0 Å². The number of amides is 1. The normalized spacial score (nSPS) is 16.3. The molecule has 1 aliphatic rings. The summed E-state index contributed by atoms with van der Waals surface area (Å²) in [5.74, 6) is -1.09. The number of hydrogen-bond acceptors (Lipinski definition) is 6. The first-order chi connectivity index (χ1) is 15.9. The summed E-state index contributed by atoms with van der Waals surface area (Å²) in [7, 11) is 0. The third-order valence-corrected chi connectivity index (χ3v) is 6.88. The number of carbonyl (C=O) groups is 2. The minimum absolute atomic E-state index is 0.00768. The van der Waals surface area contributed by atoms with Gasteiger partial charge in [-0.2, -0.15) is 0 Å². The molecule has 0 fully saturated rings. The van der Waals surface area contributed by atoms with Crippen molar-refractivity contribution in [3.8, 4) is 0 Å². The Morgan fingerprint density at radius 3 is 2.55 bits per heavy atom. The fourth-order valence-electron chi connectivity index (χ4n) is 4.07. The van der Waals surface area contributed by atoms with Gasteiger partial charge in [-0.25, -0.2) is 4.98 Å². The summed E-state index contributed by atoms with van der Waals surface area (Å²) in [6, 6.07) is 16.0. The molecule has 1 amide bonds. The van der Waals surface area contributed by atoms with Crippen LogP contribution in [-0.2, 0) is 11.2 Å². The minimum Gasteiger partial charge on any atom is -0.503 e. The van der Waals surface area contributed by atoms with Crippen LogP contribution in [0.3, 0.4) is 0 Å². The van der Waals surface area contributed by atoms with Gasteiger partial charge >= 0.3 is 0 Å². The zero-order chi connectivity index (χ0) is 23.3. The van der Waals surface area contributed by atoms with Crippen molar-refractivity contribution in [2.24, 2.45) is 0 Å². The molecular weight excluding hydrogens is 436 g/mol. The van der Waals surface area contributed by atoms with E-state index in [1.54, 1.807) is 19.1 Å². The van der Waals surface area contributed by atoms with Gasteiger partial charge in [-0.05, 0) is 55.7 Å². The Morgan fingerprint density at radius 1 is 1.12 bits per heavy atom. The highest BCUT2D eigenvalue weighted by Crippen LogP contribution is 2.44. The van der Waals surface area contributed by atoms with Crippen LogP contribution in [0.25, 0.3) is 10.2 Å². The van der Waals surface area contributed by atoms with Crippen LogP contribution in [0, 0.1) is 13.8 Å². The fraction of sp³-hybridized carbons (Fsp3) is 0.192. The van der Waals surface area contributed by atoms with Gasteiger partial charge in [0.15, 0.2) is 16.7 Å². The Bertz CT molecular complexity index is 1430. The number of nitrogens with zero attached hydrogens (tertiary/aromatic N) is 2. The number of benzene rings is 2. The summed E-state index contributed by atoms with van der Waals surface area (Å²) in [4.78, 5) is 32.8. The lowest BCUT2D eigenvalue weighted by atomic mass is 9.94. The van der Waals surface area contributed by atoms with E-state index in [2.05, 4.69) is 18.0 Å². The van der Waals surface area contributed by atoms with E-state index < -0.39 is 23.5 Å². The van der Waals surface area contributed by atoms with Gasteiger partial charge in [0.2, 0.25) is 5.78 Å². The smallest absolute Gasteiger partial charge is 0.296 e. The van der Waals surface area contributed by atoms with Gasteiger partial charge in [0.25, 0.3) is 5.91 Å². The standard InChI is InChI=1S/C26H22N2O4S/c1-4-16-8-11-18-20(13-16)33-26(27-18)28-22(17-9-5-14(2)6-10-17)21(24(30)25(28)31)23(29)19-12-7-15(3)32-19/h5-13,22,30H,4H2,1-3H3. The zero-order valence-electron chi connectivity index (χ0n) is 18.5. The third-order valence-electron chi connectivity index (χ3n) is 5.87. The highest BCUT2D eigenvalue weighted by atomic mass is 32.1. The van der Waals surface area contributed by atoms with Gasteiger partial charge < -0.3 is 9.52 Å². The molecule has 1 aliphatic heterocycles. The number of carbonyl (C=O) groups excluding carboxylic acids is 2. The van der Waals surface area contributed by atoms with E-state index >= 15 is 0 Å². The van der Waals surface area contributed by atoms with Gasteiger partial charge in [0.1, 0.15) is 5.76 Å². The number of furan rings is 1. The fourth-order valence-corrected chi connectivity index (χ4v) is 5.12. The van der Waals surface area contributed by atoms with Crippen LogP contribution in [0.1, 0.15) is 46.0 Å². The van der Waals surface area contributed by atoms with Crippen LogP contribution in [0.5, 0.6) is 0 Å². The first kappa shape index (κ1) is 21.2. The summed E-state index contributed by atoms with van der Waals surface area (Å²) >= 11 is 1.37. The third kappa shape index (κ3) is 3.54. The largest absolute Gasteiger partial charge is 0.503 e. The number of aliphatic hydroxyl groups is 1. The second kappa shape index (κ2) is 8.01. The lowest BCUT2D eigenvalue weighted by molar-refractivity contribution is -0.117. The van der Waals surface area contributed by atoms with Crippen molar-refractivity contribution in [3.63, 3.8) is 0 Å². The van der Waals surface area contributed by atoms with Crippen molar-refractivity contribution in [1.82, 2.24) is 4.98 Å². The second-order valence-corrected chi connectivity index (χ2v) is 9.15. The summed E-state index contributed by atoms with van der Waals surface area (Å²) in [6.45, 7) is 5.78. The number of rotatable bonds is 5. The van der Waals surface area contributed by atoms with Crippen molar-refractivity contribution in [2.45, 2.75) is 33.2 Å². The Balaban J connectivity index is 1.66. The number of ketones is 1. The molecule has 0 saturated heterocycles. The average molecular weight is 459 g/mol. The van der Waals surface area contributed by atoms with E-state index in [1.165, 1.54) is 21.8 Å². The van der Waals surface area contributed by atoms with Crippen molar-refractivity contribution in [3.05, 3.63) is 94.1 Å². The van der Waals surface area contributed by atoms with E-state index in [0.29, 0.717) is 16.5 Å². The molecule has 3 heterocycles. The first-order valence-electron chi connectivity index (χ1n) is 10.7. The molecule has 1 atom stereocenters. The molecule has 0 radical (unpaired) electrons. The average Bonchev–Trinajstić information content (AvgIpc) is 3.49. The summed E-state index contributed by atoms with van der Waals surface area (Å²) in [5.41, 5.74) is 3.68. The van der Waals surface area contributed by atoms with Crippen LogP contribution in [-0.4, -0.2) is 21.8 Å². The molecule has 2 aromatic heterocycles. The van der Waals surface area contributed by atoms with Crippen molar-refractivity contribution < 1.29 is 19.1 Å². The molecule has 166 valence electrons. The van der Waals surface area contributed by atoms with Gasteiger partial charge in [0.05, 0.1) is 21.8 Å². The maximum absolute atomic E-state index is 13.4. The maximum atomic E-state index is 13.4. The number of hydrogen-bond donors (Lipinski definition) is 1. The van der Waals surface area contributed by atoms with Crippen molar-refractivity contribution in [2.75, 3.05) is 4.90 Å². The van der Waals surface area contributed by atoms with Crippen LogP contribution in [0.15, 0.2) is 70.3 Å². The van der Waals surface area contributed by atoms with Crippen LogP contribution < -0.4 is 4.90 Å². The summed E-state index contributed by atoms with van der Waals surface area (Å²) < 4.78 is 6.47. The molecule has 5 rings (SSSR count). The Kier molecular flexibility index (Phi) is 5.13. The second-order valence-electron chi connectivity index (χ2n) is 8.14. The van der Waals surface area contributed by atoms with E-state index in [0.717, 1.165) is 22.2 Å². The Hall–Kier alpha value is -3.71. The van der Waals surface area contributed by atoms with Crippen molar-refractivity contribution in [1.29, 1.82) is 0 Å². The number of Topliss-reactive ketones (excluding diaryl/α,β-unsaturated/α-hetero) is 1. The molecule has 7 heteroatoms. The van der Waals surface area contributed by atoms with Crippen LogP contribution in [0.2, 0.25) is 0 Å². The molecule has 0 aliphatic carbocycles. The SMILES string of the molecule is CCc1ccc2nc(N3C(=O)C(O)=C(C(=O)c4ccc(C)o4)C3c3ccc(C)cc3)sc2c1. The topological polar surface area (TPSA) is 83.6 Å². The number of aromatic nitrogens is 1. The molecule has 0 bridgehead atoms. The monoisotopic (exact) mass is 458 g/mol. The highest BCUT2D eigenvalue weighted by Gasteiger charge is 2.46. The molecule has 6 nitrogen and oxygen atoms in total. The predicted molar refractivity (Wildman–Crippen MR) is 128 cm³/mol. The number of aryl methyl sites for hydroxylation is 3. The number of anilines is 1. The van der Waals surface area contributed by atoms with Crippen LogP contribution in [0.4, 0.5) is 5.13 Å². The Labute approximate surface area is 194 Å². The molecule has 0 spiro atoms. The van der Waals surface area contributed by atoms with Gasteiger partial charge in [-0.3, -0.25) is 14.5 Å². The lowest BCUT2D eigenvalue weighted by Gasteiger charge is -2.24. The minimum atomic E-state index is -0.817. The summed E-state index contributed by atoms with van der Waals surface area (Å²) in [6.07, 6.45) is 0.890. The quantitative estimate of drug-likeness (QED) is 0.379. The lowest BCUT2D eigenvalue weighted by Crippen LogP contribution is -2.30. The van der Waals surface area contributed by atoms with Gasteiger partial charge in [-0.15, -0.1) is 0 Å². The van der Waals surface area contributed by atoms with E-state index in [-0.39, 0.29) is 11.3 Å². The number of thiazole rings is 1. The van der Waals surface area contributed by atoms with E-state index in [4.69, 9.17) is 4.42 Å². The molecule has 2 aromatic carbocycles. The molecule has 1 unspecified atom stereocenters. The van der Waals surface area contributed by atoms with Crippen molar-refractivity contribution >= 4 is 38.4 Å². The molecule has 0 saturated carbocycles. The maximum Gasteiger partial charge on any atom is 0.296 e.